The highest BCUT2D eigenvalue weighted by Crippen LogP contribution is 2.39. The van der Waals surface area contributed by atoms with Crippen molar-refractivity contribution in [1.82, 2.24) is 25.2 Å². The van der Waals surface area contributed by atoms with E-state index in [0.29, 0.717) is 17.3 Å². The first-order chi connectivity index (χ1) is 11.8. The first-order valence-electron chi connectivity index (χ1n) is 7.31. The summed E-state index contributed by atoms with van der Waals surface area (Å²) in [5.74, 6) is 2.11. The van der Waals surface area contributed by atoms with Crippen molar-refractivity contribution in [3.05, 3.63) is 29.3 Å². The summed E-state index contributed by atoms with van der Waals surface area (Å²) in [5, 5.41) is 15.4. The molecule has 2 aromatic heterocycles. The van der Waals surface area contributed by atoms with E-state index in [0.717, 1.165) is 28.0 Å². The summed E-state index contributed by atoms with van der Waals surface area (Å²) in [4.78, 5) is 4.70. The quantitative estimate of drug-likeness (QED) is 0.597. The Kier molecular flexibility index (Phi) is 5.31. The first kappa shape index (κ1) is 16.7. The van der Waals surface area contributed by atoms with Crippen LogP contribution in [0, 0.1) is 0 Å². The molecule has 0 unspecified atom stereocenters. The van der Waals surface area contributed by atoms with Crippen LogP contribution < -0.4 is 9.47 Å². The van der Waals surface area contributed by atoms with E-state index in [1.165, 1.54) is 0 Å². The van der Waals surface area contributed by atoms with Crippen LogP contribution in [-0.4, -0.2) is 39.4 Å². The number of methoxy groups -OCH3 is 2. The molecule has 2 heterocycles. The molecule has 9 heteroatoms. The minimum absolute atomic E-state index is 0.697. The van der Waals surface area contributed by atoms with E-state index in [4.69, 9.17) is 14.5 Å². The Hall–Kier alpha value is -2.13. The van der Waals surface area contributed by atoms with E-state index in [1.54, 1.807) is 42.0 Å². The van der Waals surface area contributed by atoms with Crippen LogP contribution in [0.15, 0.2) is 28.7 Å². The molecule has 24 heavy (non-hydrogen) atoms. The summed E-state index contributed by atoms with van der Waals surface area (Å²) in [6.45, 7) is 2.76. The molecule has 0 saturated carbocycles. The molecule has 0 N–H and O–H groups in total. The van der Waals surface area contributed by atoms with Crippen molar-refractivity contribution in [2.75, 3.05) is 14.2 Å². The van der Waals surface area contributed by atoms with Gasteiger partial charge in [0, 0.05) is 17.7 Å². The summed E-state index contributed by atoms with van der Waals surface area (Å²) >= 11 is 3.15. The van der Waals surface area contributed by atoms with Crippen molar-refractivity contribution in [3.8, 4) is 22.1 Å². The number of aromatic nitrogens is 5. The summed E-state index contributed by atoms with van der Waals surface area (Å²) in [6.07, 6.45) is 0. The predicted molar refractivity (Wildman–Crippen MR) is 93.7 cm³/mol. The second-order valence-electron chi connectivity index (χ2n) is 4.75. The molecule has 7 nitrogen and oxygen atoms in total. The highest BCUT2D eigenvalue weighted by Gasteiger charge is 2.15. The van der Waals surface area contributed by atoms with Gasteiger partial charge in [-0.3, -0.25) is 0 Å². The lowest BCUT2D eigenvalue weighted by atomic mass is 10.2. The predicted octanol–water partition coefficient (Wildman–Crippen LogP) is 3.13. The molecule has 0 radical (unpaired) electrons. The second kappa shape index (κ2) is 7.63. The zero-order valence-electron chi connectivity index (χ0n) is 13.6. The summed E-state index contributed by atoms with van der Waals surface area (Å²) in [6, 6.07) is 5.79. The molecule has 3 rings (SSSR count). The third-order valence-corrected chi connectivity index (χ3v) is 5.25. The number of hydrogen-bond acceptors (Lipinski definition) is 8. The molecule has 3 aromatic rings. The normalized spacial score (nSPS) is 10.8. The molecule has 0 saturated heterocycles. The summed E-state index contributed by atoms with van der Waals surface area (Å²) in [7, 11) is 3.26. The van der Waals surface area contributed by atoms with Crippen LogP contribution in [0.1, 0.15) is 12.6 Å². The second-order valence-corrected chi connectivity index (χ2v) is 6.55. The van der Waals surface area contributed by atoms with E-state index in [2.05, 4.69) is 15.5 Å². The molecule has 1 aromatic carbocycles. The SMILES string of the molecule is CCn1nnnc1SCc1csc(-c2cccc(OC)c2OC)n1. The van der Waals surface area contributed by atoms with Gasteiger partial charge in [-0.2, -0.15) is 0 Å². The lowest BCUT2D eigenvalue weighted by Crippen LogP contribution is -1.98. The number of rotatable bonds is 7. The van der Waals surface area contributed by atoms with Gasteiger partial charge in [0.25, 0.3) is 0 Å². The largest absolute Gasteiger partial charge is 0.493 e. The number of nitrogens with zero attached hydrogens (tertiary/aromatic N) is 5. The Morgan fingerprint density at radius 2 is 2.12 bits per heavy atom. The molecule has 0 fully saturated rings. The van der Waals surface area contributed by atoms with E-state index in [-0.39, 0.29) is 0 Å². The Labute approximate surface area is 148 Å². The zero-order valence-corrected chi connectivity index (χ0v) is 15.2. The van der Waals surface area contributed by atoms with Crippen molar-refractivity contribution < 1.29 is 9.47 Å². The highest BCUT2D eigenvalue weighted by molar-refractivity contribution is 7.98. The molecule has 0 aliphatic carbocycles. The Bertz CT molecular complexity index is 818. The van der Waals surface area contributed by atoms with Crippen LogP contribution in [-0.2, 0) is 12.3 Å². The van der Waals surface area contributed by atoms with Gasteiger partial charge in [-0.05, 0) is 29.5 Å². The molecule has 0 atom stereocenters. The lowest BCUT2D eigenvalue weighted by molar-refractivity contribution is 0.356. The standard InChI is InChI=1S/C15H17N5O2S2/c1-4-20-15(17-18-19-20)24-9-10-8-23-14(16-10)11-6-5-7-12(21-2)13(11)22-3/h5-8H,4,9H2,1-3H3. The Morgan fingerprint density at radius 1 is 1.25 bits per heavy atom. The maximum absolute atomic E-state index is 5.49. The molecular weight excluding hydrogens is 346 g/mol. The number of hydrogen-bond donors (Lipinski definition) is 0. The first-order valence-corrected chi connectivity index (χ1v) is 9.18. The van der Waals surface area contributed by atoms with E-state index in [1.807, 2.05) is 30.5 Å². The molecule has 0 bridgehead atoms. The number of tetrazole rings is 1. The fourth-order valence-electron chi connectivity index (χ4n) is 2.19. The molecule has 126 valence electrons. The summed E-state index contributed by atoms with van der Waals surface area (Å²) in [5.41, 5.74) is 1.91. The number of thioether (sulfide) groups is 1. The Balaban J connectivity index is 1.79. The van der Waals surface area contributed by atoms with Gasteiger partial charge in [0.2, 0.25) is 5.16 Å². The lowest BCUT2D eigenvalue weighted by Gasteiger charge is -2.10. The van der Waals surface area contributed by atoms with Gasteiger partial charge in [-0.15, -0.1) is 16.4 Å². The monoisotopic (exact) mass is 363 g/mol. The smallest absolute Gasteiger partial charge is 0.209 e. The molecule has 0 spiro atoms. The van der Waals surface area contributed by atoms with Crippen LogP contribution in [0.2, 0.25) is 0 Å². The third kappa shape index (κ3) is 3.36. The summed E-state index contributed by atoms with van der Waals surface area (Å²) < 4.78 is 12.6. The fourth-order valence-corrected chi connectivity index (χ4v) is 3.97. The minimum atomic E-state index is 0.697. The maximum atomic E-state index is 5.49. The number of thiazole rings is 1. The van der Waals surface area contributed by atoms with Gasteiger partial charge in [0.1, 0.15) is 5.01 Å². The van der Waals surface area contributed by atoms with Crippen molar-refractivity contribution >= 4 is 23.1 Å². The van der Waals surface area contributed by atoms with E-state index >= 15 is 0 Å². The number of ether oxygens (including phenoxy) is 2. The van der Waals surface area contributed by atoms with Crippen LogP contribution in [0.25, 0.3) is 10.6 Å². The van der Waals surface area contributed by atoms with Crippen LogP contribution >= 0.6 is 23.1 Å². The van der Waals surface area contributed by atoms with E-state index in [9.17, 15) is 0 Å². The van der Waals surface area contributed by atoms with Crippen LogP contribution in [0.4, 0.5) is 0 Å². The topological polar surface area (TPSA) is 75.0 Å². The highest BCUT2D eigenvalue weighted by atomic mass is 32.2. The van der Waals surface area contributed by atoms with Gasteiger partial charge < -0.3 is 9.47 Å². The molecule has 0 aliphatic heterocycles. The van der Waals surface area contributed by atoms with Gasteiger partial charge in [0.15, 0.2) is 11.5 Å². The van der Waals surface area contributed by atoms with Crippen LogP contribution in [0.5, 0.6) is 11.5 Å². The van der Waals surface area contributed by atoms with Gasteiger partial charge >= 0.3 is 0 Å². The Morgan fingerprint density at radius 3 is 2.88 bits per heavy atom. The minimum Gasteiger partial charge on any atom is -0.493 e. The van der Waals surface area contributed by atoms with Gasteiger partial charge in [-0.25, -0.2) is 9.67 Å². The number of para-hydroxylation sites is 1. The number of benzene rings is 1. The van der Waals surface area contributed by atoms with Gasteiger partial charge in [0.05, 0.1) is 25.5 Å². The molecular formula is C15H17N5O2S2. The average Bonchev–Trinajstić information content (AvgIpc) is 3.27. The van der Waals surface area contributed by atoms with Crippen LogP contribution in [0.3, 0.4) is 0 Å². The third-order valence-electron chi connectivity index (χ3n) is 3.33. The van der Waals surface area contributed by atoms with Crippen molar-refractivity contribution in [2.45, 2.75) is 24.4 Å². The maximum Gasteiger partial charge on any atom is 0.209 e. The van der Waals surface area contributed by atoms with Crippen molar-refractivity contribution in [1.29, 1.82) is 0 Å². The van der Waals surface area contributed by atoms with E-state index < -0.39 is 0 Å². The molecule has 0 amide bonds. The average molecular weight is 363 g/mol. The van der Waals surface area contributed by atoms with Crippen molar-refractivity contribution in [2.24, 2.45) is 0 Å². The zero-order chi connectivity index (χ0) is 16.9. The fraction of sp³-hybridized carbons (Fsp3) is 0.333. The van der Waals surface area contributed by atoms with Crippen molar-refractivity contribution in [3.63, 3.8) is 0 Å². The number of aryl methyl sites for hydroxylation is 1. The molecule has 0 aliphatic rings. The van der Waals surface area contributed by atoms with Gasteiger partial charge in [-0.1, -0.05) is 17.8 Å².